The van der Waals surface area contributed by atoms with Crippen molar-refractivity contribution in [3.05, 3.63) is 16.5 Å². The first-order chi connectivity index (χ1) is 7.15. The second-order valence-corrected chi connectivity index (χ2v) is 3.93. The lowest BCUT2D eigenvalue weighted by molar-refractivity contribution is 0.266. The standard InChI is InChI=1S/C11H13BrN2O/c1-4-6-10-13-9(12)7-11(14-10)15-8(3)5-2/h2,7-8H,4,6H2,1,3H3. The Labute approximate surface area is 98.4 Å². The molecule has 1 unspecified atom stereocenters. The smallest absolute Gasteiger partial charge is 0.218 e. The average molecular weight is 269 g/mol. The largest absolute Gasteiger partial charge is 0.461 e. The quantitative estimate of drug-likeness (QED) is 0.622. The molecule has 1 aromatic heterocycles. The molecular formula is C11H13BrN2O. The molecule has 0 bridgehead atoms. The maximum Gasteiger partial charge on any atom is 0.218 e. The number of aryl methyl sites for hydroxylation is 1. The summed E-state index contributed by atoms with van der Waals surface area (Å²) in [6.07, 6.45) is 6.78. The highest BCUT2D eigenvalue weighted by Gasteiger charge is 2.05. The van der Waals surface area contributed by atoms with Crippen molar-refractivity contribution < 1.29 is 4.74 Å². The Morgan fingerprint density at radius 2 is 2.33 bits per heavy atom. The predicted octanol–water partition coefficient (Wildman–Crippen LogP) is 2.59. The van der Waals surface area contributed by atoms with Gasteiger partial charge >= 0.3 is 0 Å². The van der Waals surface area contributed by atoms with Gasteiger partial charge in [-0.3, -0.25) is 0 Å². The lowest BCUT2D eigenvalue weighted by atomic mass is 10.3. The summed E-state index contributed by atoms with van der Waals surface area (Å²) in [6.45, 7) is 3.88. The van der Waals surface area contributed by atoms with Crippen LogP contribution in [0.2, 0.25) is 0 Å². The van der Waals surface area contributed by atoms with Gasteiger partial charge in [-0.05, 0) is 29.3 Å². The van der Waals surface area contributed by atoms with E-state index in [9.17, 15) is 0 Å². The van der Waals surface area contributed by atoms with E-state index in [2.05, 4.69) is 38.7 Å². The Balaban J connectivity index is 2.84. The predicted molar refractivity (Wildman–Crippen MR) is 62.7 cm³/mol. The Hall–Kier alpha value is -1.08. The van der Waals surface area contributed by atoms with Crippen molar-refractivity contribution in [3.8, 4) is 18.2 Å². The zero-order valence-corrected chi connectivity index (χ0v) is 10.4. The molecule has 15 heavy (non-hydrogen) atoms. The monoisotopic (exact) mass is 268 g/mol. The fourth-order valence-electron chi connectivity index (χ4n) is 1.05. The average Bonchev–Trinajstić information content (AvgIpc) is 2.17. The Bertz CT molecular complexity index is 373. The molecule has 1 atom stereocenters. The number of ether oxygens (including phenoxy) is 1. The van der Waals surface area contributed by atoms with E-state index in [4.69, 9.17) is 11.2 Å². The highest BCUT2D eigenvalue weighted by atomic mass is 79.9. The normalized spacial score (nSPS) is 11.9. The van der Waals surface area contributed by atoms with Gasteiger partial charge in [-0.25, -0.2) is 4.98 Å². The molecule has 0 N–H and O–H groups in total. The molecular weight excluding hydrogens is 256 g/mol. The first-order valence-electron chi connectivity index (χ1n) is 4.82. The third-order valence-electron chi connectivity index (χ3n) is 1.72. The highest BCUT2D eigenvalue weighted by Crippen LogP contribution is 2.16. The van der Waals surface area contributed by atoms with Crippen LogP contribution in [-0.2, 0) is 6.42 Å². The second kappa shape index (κ2) is 5.72. The van der Waals surface area contributed by atoms with E-state index in [-0.39, 0.29) is 6.10 Å². The number of halogens is 1. The third-order valence-corrected chi connectivity index (χ3v) is 2.13. The third kappa shape index (κ3) is 3.88. The summed E-state index contributed by atoms with van der Waals surface area (Å²) in [4.78, 5) is 8.48. The number of hydrogen-bond acceptors (Lipinski definition) is 3. The van der Waals surface area contributed by atoms with Crippen LogP contribution in [0.25, 0.3) is 0 Å². The van der Waals surface area contributed by atoms with E-state index in [0.717, 1.165) is 23.3 Å². The van der Waals surface area contributed by atoms with Crippen LogP contribution in [0.3, 0.4) is 0 Å². The van der Waals surface area contributed by atoms with Crippen molar-refractivity contribution in [3.63, 3.8) is 0 Å². The van der Waals surface area contributed by atoms with Crippen molar-refractivity contribution >= 4 is 15.9 Å². The van der Waals surface area contributed by atoms with Gasteiger partial charge in [0.2, 0.25) is 5.88 Å². The molecule has 1 heterocycles. The summed E-state index contributed by atoms with van der Waals surface area (Å²) in [6, 6.07) is 1.72. The summed E-state index contributed by atoms with van der Waals surface area (Å²) >= 11 is 3.31. The number of nitrogens with zero attached hydrogens (tertiary/aromatic N) is 2. The van der Waals surface area contributed by atoms with Gasteiger partial charge in [0.05, 0.1) is 0 Å². The van der Waals surface area contributed by atoms with Crippen LogP contribution in [0.5, 0.6) is 5.88 Å². The van der Waals surface area contributed by atoms with Gasteiger partial charge in [-0.15, -0.1) is 6.42 Å². The molecule has 0 amide bonds. The summed E-state index contributed by atoms with van der Waals surface area (Å²) in [5.74, 6) is 3.78. The number of aromatic nitrogens is 2. The summed E-state index contributed by atoms with van der Waals surface area (Å²) in [5, 5.41) is 0. The summed E-state index contributed by atoms with van der Waals surface area (Å²) in [7, 11) is 0. The van der Waals surface area contributed by atoms with E-state index in [1.807, 2.05) is 0 Å². The molecule has 3 nitrogen and oxygen atoms in total. The SMILES string of the molecule is C#CC(C)Oc1cc(Br)nc(CCC)n1. The van der Waals surface area contributed by atoms with Crippen molar-refractivity contribution in [2.75, 3.05) is 0 Å². The molecule has 0 fully saturated rings. The van der Waals surface area contributed by atoms with Crippen molar-refractivity contribution in [2.24, 2.45) is 0 Å². The van der Waals surface area contributed by atoms with Gasteiger partial charge in [0, 0.05) is 12.5 Å². The number of hydrogen-bond donors (Lipinski definition) is 0. The molecule has 0 radical (unpaired) electrons. The van der Waals surface area contributed by atoms with Gasteiger partial charge in [0.15, 0.2) is 6.10 Å². The van der Waals surface area contributed by atoms with Gasteiger partial charge < -0.3 is 4.74 Å². The van der Waals surface area contributed by atoms with E-state index < -0.39 is 0 Å². The molecule has 80 valence electrons. The Morgan fingerprint density at radius 1 is 1.60 bits per heavy atom. The van der Waals surface area contributed by atoms with E-state index in [0.29, 0.717) is 5.88 Å². The minimum absolute atomic E-state index is 0.277. The molecule has 4 heteroatoms. The molecule has 0 aromatic carbocycles. The van der Waals surface area contributed by atoms with Crippen LogP contribution in [0.15, 0.2) is 10.7 Å². The zero-order valence-electron chi connectivity index (χ0n) is 8.83. The minimum Gasteiger partial charge on any atom is -0.461 e. The molecule has 0 spiro atoms. The lowest BCUT2D eigenvalue weighted by Gasteiger charge is -2.09. The Kier molecular flexibility index (Phi) is 4.57. The molecule has 0 saturated heterocycles. The van der Waals surface area contributed by atoms with Gasteiger partial charge in [0.1, 0.15) is 10.4 Å². The van der Waals surface area contributed by atoms with E-state index in [1.54, 1.807) is 13.0 Å². The minimum atomic E-state index is -0.277. The molecule has 0 saturated carbocycles. The molecule has 0 aliphatic heterocycles. The summed E-state index contributed by atoms with van der Waals surface area (Å²) < 4.78 is 6.14. The highest BCUT2D eigenvalue weighted by molar-refractivity contribution is 9.10. The van der Waals surface area contributed by atoms with Gasteiger partial charge in [0.25, 0.3) is 0 Å². The maximum atomic E-state index is 5.41. The first-order valence-corrected chi connectivity index (χ1v) is 5.61. The zero-order chi connectivity index (χ0) is 11.3. The van der Waals surface area contributed by atoms with Crippen LogP contribution >= 0.6 is 15.9 Å². The van der Waals surface area contributed by atoms with E-state index >= 15 is 0 Å². The molecule has 0 aliphatic rings. The van der Waals surface area contributed by atoms with Crippen molar-refractivity contribution in [1.82, 2.24) is 9.97 Å². The summed E-state index contributed by atoms with van der Waals surface area (Å²) in [5.41, 5.74) is 0. The number of terminal acetylenes is 1. The molecule has 1 aromatic rings. The van der Waals surface area contributed by atoms with Crippen LogP contribution in [0.1, 0.15) is 26.1 Å². The van der Waals surface area contributed by atoms with Crippen molar-refractivity contribution in [2.45, 2.75) is 32.8 Å². The fourth-order valence-corrected chi connectivity index (χ4v) is 1.45. The fraction of sp³-hybridized carbons (Fsp3) is 0.455. The van der Waals surface area contributed by atoms with Crippen molar-refractivity contribution in [1.29, 1.82) is 0 Å². The lowest BCUT2D eigenvalue weighted by Crippen LogP contribution is -2.10. The van der Waals surface area contributed by atoms with Gasteiger partial charge in [-0.2, -0.15) is 4.98 Å². The van der Waals surface area contributed by atoms with Gasteiger partial charge in [-0.1, -0.05) is 12.8 Å². The molecule has 1 rings (SSSR count). The molecule has 0 aliphatic carbocycles. The van der Waals surface area contributed by atoms with Crippen LogP contribution in [0, 0.1) is 12.3 Å². The maximum absolute atomic E-state index is 5.41. The topological polar surface area (TPSA) is 35.0 Å². The Morgan fingerprint density at radius 3 is 2.93 bits per heavy atom. The van der Waals surface area contributed by atoms with Crippen LogP contribution < -0.4 is 4.74 Å². The van der Waals surface area contributed by atoms with E-state index in [1.165, 1.54) is 0 Å². The number of rotatable bonds is 4. The van der Waals surface area contributed by atoms with Crippen LogP contribution in [0.4, 0.5) is 0 Å². The van der Waals surface area contributed by atoms with Crippen LogP contribution in [-0.4, -0.2) is 16.1 Å². The first kappa shape index (κ1) is 12.0. The second-order valence-electron chi connectivity index (χ2n) is 3.12.